The van der Waals surface area contributed by atoms with Crippen molar-refractivity contribution in [1.82, 2.24) is 9.03 Å². The van der Waals surface area contributed by atoms with E-state index >= 15 is 0 Å². The summed E-state index contributed by atoms with van der Waals surface area (Å²) < 4.78 is 53.6. The molecule has 0 spiro atoms. The minimum Gasteiger partial charge on any atom is -0.461 e. The van der Waals surface area contributed by atoms with E-state index in [9.17, 15) is 21.6 Å². The van der Waals surface area contributed by atoms with Crippen LogP contribution < -0.4 is 4.72 Å². The van der Waals surface area contributed by atoms with E-state index in [0.29, 0.717) is 0 Å². The quantitative estimate of drug-likeness (QED) is 0.438. The van der Waals surface area contributed by atoms with Crippen molar-refractivity contribution in [2.45, 2.75) is 19.9 Å². The van der Waals surface area contributed by atoms with Gasteiger partial charge in [-0.15, -0.1) is 0 Å². The zero-order valence-electron chi connectivity index (χ0n) is 12.6. The molecule has 0 amide bonds. The Balaban J connectivity index is 4.68. The first-order chi connectivity index (χ1) is 9.34. The highest BCUT2D eigenvalue weighted by atomic mass is 32.2. The van der Waals surface area contributed by atoms with Crippen LogP contribution in [0.5, 0.6) is 0 Å². The second kappa shape index (κ2) is 7.87. The average molecular weight is 342 g/mol. The fourth-order valence-corrected chi connectivity index (χ4v) is 3.12. The number of sulfonamides is 2. The number of carbonyl (C=O) groups is 1. The molecule has 21 heavy (non-hydrogen) atoms. The minimum atomic E-state index is -3.57. The zero-order valence-corrected chi connectivity index (χ0v) is 14.3. The number of hydrogen-bond acceptors (Lipinski definition) is 6. The van der Waals surface area contributed by atoms with E-state index in [1.807, 2.05) is 0 Å². The van der Waals surface area contributed by atoms with E-state index in [1.165, 1.54) is 6.92 Å². The molecule has 0 fully saturated rings. The summed E-state index contributed by atoms with van der Waals surface area (Å²) in [6, 6.07) is -0.613. The first-order valence-electron chi connectivity index (χ1n) is 6.08. The lowest BCUT2D eigenvalue weighted by Gasteiger charge is -2.26. The van der Waals surface area contributed by atoms with Crippen LogP contribution in [-0.4, -0.2) is 65.4 Å². The lowest BCUT2D eigenvalue weighted by atomic mass is 10.3. The fourth-order valence-electron chi connectivity index (χ4n) is 1.44. The Morgan fingerprint density at radius 3 is 2.19 bits per heavy atom. The van der Waals surface area contributed by atoms with Gasteiger partial charge in [0.15, 0.2) is 0 Å². The van der Waals surface area contributed by atoms with Crippen LogP contribution >= 0.6 is 0 Å². The van der Waals surface area contributed by atoms with E-state index in [-0.39, 0.29) is 25.3 Å². The van der Waals surface area contributed by atoms with E-state index in [4.69, 9.17) is 4.74 Å². The summed E-state index contributed by atoms with van der Waals surface area (Å²) in [6.45, 7) is 6.18. The van der Waals surface area contributed by atoms with Gasteiger partial charge in [0.1, 0.15) is 6.61 Å². The first-order valence-corrected chi connectivity index (χ1v) is 9.82. The molecule has 0 bridgehead atoms. The molecule has 0 aromatic heterocycles. The predicted octanol–water partition coefficient (Wildman–Crippen LogP) is -0.695. The second-order valence-corrected chi connectivity index (χ2v) is 8.53. The maximum absolute atomic E-state index is 11.7. The third-order valence-electron chi connectivity index (χ3n) is 2.45. The summed E-state index contributed by atoms with van der Waals surface area (Å²) in [6.07, 6.45) is 1.99. The summed E-state index contributed by atoms with van der Waals surface area (Å²) in [4.78, 5) is 11.2. The Bertz CT molecular complexity index is 582. The zero-order chi connectivity index (χ0) is 16.8. The average Bonchev–Trinajstić information content (AvgIpc) is 2.28. The van der Waals surface area contributed by atoms with Crippen LogP contribution in [0, 0.1) is 0 Å². The summed E-state index contributed by atoms with van der Waals surface area (Å²) in [5.74, 6) is -0.606. The van der Waals surface area contributed by atoms with Crippen molar-refractivity contribution in [3.05, 3.63) is 12.2 Å². The smallest absolute Gasteiger partial charge is 0.333 e. The van der Waals surface area contributed by atoms with Gasteiger partial charge in [-0.1, -0.05) is 6.58 Å². The fraction of sp³-hybridized carbons (Fsp3) is 0.727. The molecule has 124 valence electrons. The van der Waals surface area contributed by atoms with Crippen LogP contribution in [-0.2, 0) is 29.6 Å². The van der Waals surface area contributed by atoms with Crippen molar-refractivity contribution in [2.24, 2.45) is 0 Å². The molecule has 0 aliphatic rings. The maximum Gasteiger partial charge on any atom is 0.333 e. The summed E-state index contributed by atoms with van der Waals surface area (Å²) >= 11 is 0. The summed E-state index contributed by atoms with van der Waals surface area (Å²) in [5.41, 5.74) is 0.215. The normalized spacial score (nSPS) is 14.0. The van der Waals surface area contributed by atoms with Crippen molar-refractivity contribution in [3.63, 3.8) is 0 Å². The van der Waals surface area contributed by atoms with Gasteiger partial charge in [-0.2, -0.15) is 4.31 Å². The first kappa shape index (κ1) is 20.0. The Morgan fingerprint density at radius 1 is 1.29 bits per heavy atom. The predicted molar refractivity (Wildman–Crippen MR) is 79.6 cm³/mol. The van der Waals surface area contributed by atoms with E-state index in [1.54, 1.807) is 6.92 Å². The minimum absolute atomic E-state index is 0.0650. The van der Waals surface area contributed by atoms with Crippen LogP contribution in [0.4, 0.5) is 0 Å². The second-order valence-electron chi connectivity index (χ2n) is 4.76. The van der Waals surface area contributed by atoms with E-state index in [0.717, 1.165) is 16.8 Å². The third-order valence-corrected chi connectivity index (χ3v) is 4.54. The van der Waals surface area contributed by atoms with Crippen molar-refractivity contribution in [3.8, 4) is 0 Å². The monoisotopic (exact) mass is 342 g/mol. The highest BCUT2D eigenvalue weighted by Crippen LogP contribution is 2.05. The van der Waals surface area contributed by atoms with Gasteiger partial charge in [-0.05, 0) is 13.8 Å². The largest absolute Gasteiger partial charge is 0.461 e. The number of rotatable bonds is 9. The Kier molecular flexibility index (Phi) is 7.51. The molecule has 1 unspecified atom stereocenters. The summed E-state index contributed by atoms with van der Waals surface area (Å²) in [7, 11) is -6.98. The number of nitrogens with zero attached hydrogens (tertiary/aromatic N) is 1. The molecule has 0 aromatic carbocycles. The van der Waals surface area contributed by atoms with Gasteiger partial charge in [0.25, 0.3) is 0 Å². The van der Waals surface area contributed by atoms with Crippen molar-refractivity contribution < 1.29 is 26.4 Å². The topological polar surface area (TPSA) is 110 Å². The van der Waals surface area contributed by atoms with E-state index in [2.05, 4.69) is 11.3 Å². The number of ether oxygens (including phenoxy) is 1. The molecule has 0 saturated heterocycles. The maximum atomic E-state index is 11.7. The van der Waals surface area contributed by atoms with Gasteiger partial charge in [0.2, 0.25) is 20.0 Å². The number of carbonyl (C=O) groups excluding carboxylic acids is 1. The molecule has 1 N–H and O–H groups in total. The van der Waals surface area contributed by atoms with Gasteiger partial charge in [0.05, 0.1) is 12.5 Å². The van der Waals surface area contributed by atoms with Gasteiger partial charge >= 0.3 is 5.97 Å². The van der Waals surface area contributed by atoms with Crippen molar-refractivity contribution in [2.75, 3.05) is 32.2 Å². The third kappa shape index (κ3) is 8.81. The molecular formula is C11H22N2O6S2. The standard InChI is InChI=1S/C11H22N2O6S2/c1-9(2)11(14)19-7-6-13(21(5,17)18)10(3)8-12-20(4,15)16/h10,12H,1,6-8H2,2-5H3. The number of esters is 1. The van der Waals surface area contributed by atoms with Crippen LogP contribution in [0.25, 0.3) is 0 Å². The van der Waals surface area contributed by atoms with Gasteiger partial charge in [0, 0.05) is 24.7 Å². The molecule has 0 aliphatic carbocycles. The van der Waals surface area contributed by atoms with Crippen LogP contribution in [0.3, 0.4) is 0 Å². The SMILES string of the molecule is C=C(C)C(=O)OCCN(C(C)CNS(C)(=O)=O)S(C)(=O)=O. The Labute approximate surface area is 126 Å². The molecule has 10 heteroatoms. The molecule has 8 nitrogen and oxygen atoms in total. The molecule has 0 saturated carbocycles. The lowest BCUT2D eigenvalue weighted by molar-refractivity contribution is -0.139. The van der Waals surface area contributed by atoms with Crippen molar-refractivity contribution in [1.29, 1.82) is 0 Å². The van der Waals surface area contributed by atoms with E-state index < -0.39 is 32.1 Å². The van der Waals surface area contributed by atoms with Crippen molar-refractivity contribution >= 4 is 26.0 Å². The lowest BCUT2D eigenvalue weighted by Crippen LogP contribution is -2.46. The number of nitrogens with one attached hydrogen (secondary N) is 1. The highest BCUT2D eigenvalue weighted by Gasteiger charge is 2.24. The van der Waals surface area contributed by atoms with Crippen LogP contribution in [0.1, 0.15) is 13.8 Å². The van der Waals surface area contributed by atoms with Gasteiger partial charge < -0.3 is 4.74 Å². The molecule has 0 aliphatic heterocycles. The summed E-state index contributed by atoms with van der Waals surface area (Å²) in [5, 5.41) is 0. The molecule has 0 radical (unpaired) electrons. The molecule has 1 atom stereocenters. The van der Waals surface area contributed by atoms with Crippen LogP contribution in [0.15, 0.2) is 12.2 Å². The van der Waals surface area contributed by atoms with Crippen LogP contribution in [0.2, 0.25) is 0 Å². The Morgan fingerprint density at radius 2 is 1.81 bits per heavy atom. The highest BCUT2D eigenvalue weighted by molar-refractivity contribution is 7.88. The molecule has 0 aromatic rings. The van der Waals surface area contributed by atoms with Gasteiger partial charge in [-0.25, -0.2) is 26.4 Å². The number of hydrogen-bond donors (Lipinski definition) is 1. The van der Waals surface area contributed by atoms with Gasteiger partial charge in [-0.3, -0.25) is 0 Å². The molecule has 0 heterocycles. The molecule has 0 rings (SSSR count). The Hall–Kier alpha value is -0.970. The molecular weight excluding hydrogens is 320 g/mol.